The van der Waals surface area contributed by atoms with E-state index >= 15 is 0 Å². The van der Waals surface area contributed by atoms with Crippen molar-refractivity contribution in [2.24, 2.45) is 0 Å². The molecule has 0 bridgehead atoms. The standard InChI is InChI=1S/C10H15FN2O/c1-14-7-6-12-4-2-9-3-5-13-8-10(9)11/h3,5,8,12H,2,4,6-7H2,1H3. The van der Waals surface area contributed by atoms with Gasteiger partial charge in [-0.25, -0.2) is 4.39 Å². The third-order valence-electron chi connectivity index (χ3n) is 1.91. The van der Waals surface area contributed by atoms with E-state index in [4.69, 9.17) is 4.74 Å². The zero-order valence-electron chi connectivity index (χ0n) is 8.29. The minimum Gasteiger partial charge on any atom is -0.383 e. The van der Waals surface area contributed by atoms with Crippen LogP contribution < -0.4 is 5.32 Å². The lowest BCUT2D eigenvalue weighted by atomic mass is 10.2. The first kappa shape index (κ1) is 11.1. The number of rotatable bonds is 6. The molecule has 0 unspecified atom stereocenters. The van der Waals surface area contributed by atoms with Crippen molar-refractivity contribution >= 4 is 0 Å². The van der Waals surface area contributed by atoms with Crippen LogP contribution in [0.15, 0.2) is 18.5 Å². The van der Waals surface area contributed by atoms with Crippen molar-refractivity contribution in [1.82, 2.24) is 10.3 Å². The minimum atomic E-state index is -0.235. The predicted molar refractivity (Wildman–Crippen MR) is 52.6 cm³/mol. The molecule has 0 atom stereocenters. The molecule has 0 spiro atoms. The van der Waals surface area contributed by atoms with Gasteiger partial charge in [-0.3, -0.25) is 4.98 Å². The van der Waals surface area contributed by atoms with Gasteiger partial charge in [-0.1, -0.05) is 0 Å². The molecule has 0 aliphatic heterocycles. The van der Waals surface area contributed by atoms with Crippen LogP contribution in [0.25, 0.3) is 0 Å². The molecule has 1 N–H and O–H groups in total. The molecule has 0 amide bonds. The zero-order valence-corrected chi connectivity index (χ0v) is 8.29. The number of methoxy groups -OCH3 is 1. The Morgan fingerprint density at radius 2 is 2.36 bits per heavy atom. The van der Waals surface area contributed by atoms with Crippen LogP contribution in [0.4, 0.5) is 4.39 Å². The molecule has 0 saturated heterocycles. The van der Waals surface area contributed by atoms with Crippen molar-refractivity contribution < 1.29 is 9.13 Å². The lowest BCUT2D eigenvalue weighted by molar-refractivity contribution is 0.199. The summed E-state index contributed by atoms with van der Waals surface area (Å²) in [6.45, 7) is 2.23. The number of hydrogen-bond acceptors (Lipinski definition) is 3. The van der Waals surface area contributed by atoms with E-state index < -0.39 is 0 Å². The van der Waals surface area contributed by atoms with Crippen molar-refractivity contribution in [3.63, 3.8) is 0 Å². The highest BCUT2D eigenvalue weighted by atomic mass is 19.1. The minimum absolute atomic E-state index is 0.235. The van der Waals surface area contributed by atoms with E-state index in [2.05, 4.69) is 10.3 Å². The van der Waals surface area contributed by atoms with Gasteiger partial charge in [0.05, 0.1) is 12.8 Å². The molecule has 4 heteroatoms. The van der Waals surface area contributed by atoms with Crippen LogP contribution in [0.5, 0.6) is 0 Å². The Hall–Kier alpha value is -1.00. The fourth-order valence-corrected chi connectivity index (χ4v) is 1.13. The summed E-state index contributed by atoms with van der Waals surface area (Å²) in [6.07, 6.45) is 3.52. The van der Waals surface area contributed by atoms with Gasteiger partial charge in [0, 0.05) is 19.9 Å². The highest BCUT2D eigenvalue weighted by Crippen LogP contribution is 2.03. The van der Waals surface area contributed by atoms with Crippen molar-refractivity contribution in [3.05, 3.63) is 29.8 Å². The Bertz CT molecular complexity index is 268. The maximum Gasteiger partial charge on any atom is 0.144 e. The highest BCUT2D eigenvalue weighted by Gasteiger charge is 1.99. The Morgan fingerprint density at radius 1 is 1.50 bits per heavy atom. The molecule has 0 radical (unpaired) electrons. The second kappa shape index (κ2) is 6.45. The molecule has 78 valence electrons. The summed E-state index contributed by atoms with van der Waals surface area (Å²) >= 11 is 0. The molecule has 1 heterocycles. The summed E-state index contributed by atoms with van der Waals surface area (Å²) in [4.78, 5) is 3.69. The van der Waals surface area contributed by atoms with Crippen LogP contribution in [0.2, 0.25) is 0 Å². The van der Waals surface area contributed by atoms with Gasteiger partial charge >= 0.3 is 0 Å². The van der Waals surface area contributed by atoms with E-state index in [0.717, 1.165) is 13.1 Å². The number of ether oxygens (including phenoxy) is 1. The largest absolute Gasteiger partial charge is 0.383 e. The van der Waals surface area contributed by atoms with Gasteiger partial charge in [-0.15, -0.1) is 0 Å². The van der Waals surface area contributed by atoms with Crippen LogP contribution in [-0.4, -0.2) is 31.8 Å². The van der Waals surface area contributed by atoms with Gasteiger partial charge in [0.15, 0.2) is 0 Å². The number of nitrogens with zero attached hydrogens (tertiary/aromatic N) is 1. The molecule has 0 aliphatic rings. The lowest BCUT2D eigenvalue weighted by Crippen LogP contribution is -2.22. The fraction of sp³-hybridized carbons (Fsp3) is 0.500. The predicted octanol–water partition coefficient (Wildman–Crippen LogP) is 0.999. The summed E-state index contributed by atoms with van der Waals surface area (Å²) < 4.78 is 17.9. The summed E-state index contributed by atoms with van der Waals surface area (Å²) in [7, 11) is 1.66. The third-order valence-corrected chi connectivity index (χ3v) is 1.91. The highest BCUT2D eigenvalue weighted by molar-refractivity contribution is 5.12. The second-order valence-corrected chi connectivity index (χ2v) is 2.96. The Kier molecular flexibility index (Phi) is 5.11. The number of nitrogens with one attached hydrogen (secondary N) is 1. The third kappa shape index (κ3) is 3.81. The van der Waals surface area contributed by atoms with E-state index in [9.17, 15) is 4.39 Å². The fourth-order valence-electron chi connectivity index (χ4n) is 1.13. The Balaban J connectivity index is 2.21. The molecular weight excluding hydrogens is 183 g/mol. The quantitative estimate of drug-likeness (QED) is 0.692. The lowest BCUT2D eigenvalue weighted by Gasteiger charge is -2.04. The van der Waals surface area contributed by atoms with Crippen molar-refractivity contribution in [3.8, 4) is 0 Å². The van der Waals surface area contributed by atoms with Crippen molar-refractivity contribution in [2.75, 3.05) is 26.8 Å². The molecule has 14 heavy (non-hydrogen) atoms. The number of halogens is 1. The molecule has 1 rings (SSSR count). The molecule has 0 aliphatic carbocycles. The Morgan fingerprint density at radius 3 is 3.07 bits per heavy atom. The topological polar surface area (TPSA) is 34.1 Å². The average molecular weight is 198 g/mol. The van der Waals surface area contributed by atoms with E-state index in [-0.39, 0.29) is 5.82 Å². The first-order valence-corrected chi connectivity index (χ1v) is 4.62. The van der Waals surface area contributed by atoms with E-state index in [1.165, 1.54) is 6.20 Å². The normalized spacial score (nSPS) is 10.4. The molecule has 1 aromatic rings. The molecule has 0 fully saturated rings. The van der Waals surface area contributed by atoms with Crippen LogP contribution in [0.3, 0.4) is 0 Å². The number of hydrogen-bond donors (Lipinski definition) is 1. The molecule has 0 aromatic carbocycles. The van der Waals surface area contributed by atoms with Crippen molar-refractivity contribution in [1.29, 1.82) is 0 Å². The SMILES string of the molecule is COCCNCCc1ccncc1F. The molecule has 0 saturated carbocycles. The van der Waals surface area contributed by atoms with Crippen LogP contribution in [0.1, 0.15) is 5.56 Å². The average Bonchev–Trinajstić information content (AvgIpc) is 2.20. The number of aromatic nitrogens is 1. The van der Waals surface area contributed by atoms with Gasteiger partial charge in [0.25, 0.3) is 0 Å². The smallest absolute Gasteiger partial charge is 0.144 e. The zero-order chi connectivity index (χ0) is 10.2. The summed E-state index contributed by atoms with van der Waals surface area (Å²) in [5, 5.41) is 3.15. The Labute approximate surface area is 83.3 Å². The van der Waals surface area contributed by atoms with Gasteiger partial charge in [-0.05, 0) is 24.6 Å². The van der Waals surface area contributed by atoms with Crippen molar-refractivity contribution in [2.45, 2.75) is 6.42 Å². The van der Waals surface area contributed by atoms with Gasteiger partial charge in [0.2, 0.25) is 0 Å². The summed E-state index contributed by atoms with van der Waals surface area (Å²) in [5.74, 6) is -0.235. The molecule has 3 nitrogen and oxygen atoms in total. The van der Waals surface area contributed by atoms with E-state index in [0.29, 0.717) is 18.6 Å². The molecule has 1 aromatic heterocycles. The monoisotopic (exact) mass is 198 g/mol. The van der Waals surface area contributed by atoms with Crippen LogP contribution in [-0.2, 0) is 11.2 Å². The summed E-state index contributed by atoms with van der Waals surface area (Å²) in [5.41, 5.74) is 0.699. The van der Waals surface area contributed by atoms with Gasteiger partial charge in [0.1, 0.15) is 5.82 Å². The molecular formula is C10H15FN2O. The van der Waals surface area contributed by atoms with Crippen LogP contribution >= 0.6 is 0 Å². The maximum absolute atomic E-state index is 13.1. The maximum atomic E-state index is 13.1. The van der Waals surface area contributed by atoms with E-state index in [1.54, 1.807) is 19.4 Å². The van der Waals surface area contributed by atoms with Crippen LogP contribution in [0, 0.1) is 5.82 Å². The first-order chi connectivity index (χ1) is 6.84. The summed E-state index contributed by atoms with van der Waals surface area (Å²) in [6, 6.07) is 1.70. The van der Waals surface area contributed by atoms with Gasteiger partial charge < -0.3 is 10.1 Å². The second-order valence-electron chi connectivity index (χ2n) is 2.96. The number of pyridine rings is 1. The van der Waals surface area contributed by atoms with Gasteiger partial charge in [-0.2, -0.15) is 0 Å². The first-order valence-electron chi connectivity index (χ1n) is 4.62. The van der Waals surface area contributed by atoms with E-state index in [1.807, 2.05) is 0 Å².